The van der Waals surface area contributed by atoms with Gasteiger partial charge in [0.15, 0.2) is 11.6 Å². The fourth-order valence-corrected chi connectivity index (χ4v) is 2.99. The van der Waals surface area contributed by atoms with E-state index in [1.54, 1.807) is 19.1 Å². The first kappa shape index (κ1) is 12.0. The quantitative estimate of drug-likeness (QED) is 0.695. The number of aliphatic imine (C=N–C) groups is 1. The topological polar surface area (TPSA) is 12.4 Å². The van der Waals surface area contributed by atoms with Crippen LogP contribution in [-0.2, 0) is 5.54 Å². The third-order valence-electron chi connectivity index (χ3n) is 2.31. The third-order valence-corrected chi connectivity index (χ3v) is 3.78. The van der Waals surface area contributed by atoms with Gasteiger partial charge in [-0.15, -0.1) is 0 Å². The lowest BCUT2D eigenvalue weighted by Crippen LogP contribution is -2.20. The summed E-state index contributed by atoms with van der Waals surface area (Å²) in [4.78, 5) is 4.11. The number of hydrogen-bond donors (Lipinski definition) is 0. The zero-order valence-corrected chi connectivity index (χ0v) is 11.3. The van der Waals surface area contributed by atoms with Crippen LogP contribution in [0.4, 0.5) is 8.78 Å². The predicted octanol–water partition coefficient (Wildman–Crippen LogP) is 4.11. The molecule has 1 aromatic carbocycles. The molecule has 0 bridgehead atoms. The van der Waals surface area contributed by atoms with Gasteiger partial charge in [-0.3, -0.25) is 4.99 Å². The maximum absolute atomic E-state index is 13.7. The molecule has 0 unspecified atom stereocenters. The molecule has 1 atom stereocenters. The Balaban J connectivity index is 2.55. The van der Waals surface area contributed by atoms with Crippen molar-refractivity contribution >= 4 is 39.9 Å². The minimum absolute atomic E-state index is 0.231. The monoisotopic (exact) mass is 350 g/mol. The molecule has 1 aliphatic heterocycles. The first-order chi connectivity index (χ1) is 7.53. The molecule has 0 amide bonds. The first-order valence-electron chi connectivity index (χ1n) is 4.49. The van der Waals surface area contributed by atoms with E-state index in [0.29, 0.717) is 0 Å². The van der Waals surface area contributed by atoms with E-state index in [2.05, 4.69) is 33.1 Å². The summed E-state index contributed by atoms with van der Waals surface area (Å²) in [6, 6.07) is 4.12. The lowest BCUT2D eigenvalue weighted by atomic mass is 9.92. The van der Waals surface area contributed by atoms with Gasteiger partial charge >= 0.3 is 0 Å². The Labute approximate surface area is 110 Å². The fourth-order valence-electron chi connectivity index (χ4n) is 1.48. The second-order valence-electron chi connectivity index (χ2n) is 3.50. The molecule has 1 aliphatic rings. The zero-order valence-electron chi connectivity index (χ0n) is 8.30. The number of rotatable bonds is 1. The van der Waals surface area contributed by atoms with Crippen LogP contribution in [0.25, 0.3) is 0 Å². The number of halogens is 3. The normalized spacial score (nSPS) is 24.4. The highest BCUT2D eigenvalue weighted by molar-refractivity contribution is 14.1. The minimum atomic E-state index is -0.867. The summed E-state index contributed by atoms with van der Waals surface area (Å²) in [5.41, 5.74) is 2.11. The molecule has 0 saturated heterocycles. The van der Waals surface area contributed by atoms with Crippen LogP contribution in [0.5, 0.6) is 0 Å². The summed E-state index contributed by atoms with van der Waals surface area (Å²) >= 11 is 3.45. The second kappa shape index (κ2) is 4.44. The molecule has 0 aliphatic carbocycles. The Morgan fingerprint density at radius 2 is 2.19 bits per heavy atom. The van der Waals surface area contributed by atoms with E-state index < -0.39 is 17.2 Å². The van der Waals surface area contributed by atoms with Gasteiger partial charge in [0.05, 0.1) is 2.91 Å². The van der Waals surface area contributed by atoms with Crippen LogP contribution in [0.3, 0.4) is 0 Å². The molecule has 0 N–H and O–H groups in total. The molecule has 1 heterocycles. The number of hydrogen-bond acceptors (Lipinski definition) is 2. The van der Waals surface area contributed by atoms with Crippen molar-refractivity contribution < 1.29 is 8.78 Å². The van der Waals surface area contributed by atoms with Gasteiger partial charge in [-0.2, -0.15) is 0 Å². The Hall–Kier alpha value is -0.430. The Morgan fingerprint density at radius 3 is 2.88 bits per heavy atom. The molecule has 1 aromatic rings. The Morgan fingerprint density at radius 1 is 1.44 bits per heavy atom. The summed E-state index contributed by atoms with van der Waals surface area (Å²) < 4.78 is 27.7. The third kappa shape index (κ3) is 2.15. The fraction of sp³-hybridized carbons (Fsp3) is 0.182. The van der Waals surface area contributed by atoms with Gasteiger partial charge in [0.2, 0.25) is 0 Å². The highest BCUT2D eigenvalue weighted by atomic mass is 127. The average Bonchev–Trinajstić information content (AvgIpc) is 2.21. The van der Waals surface area contributed by atoms with Crippen LogP contribution in [-0.4, -0.2) is 5.55 Å². The van der Waals surface area contributed by atoms with Crippen LogP contribution in [0, 0.1) is 11.6 Å². The predicted molar refractivity (Wildman–Crippen MR) is 70.8 cm³/mol. The number of benzene rings is 1. The lowest BCUT2D eigenvalue weighted by Gasteiger charge is -2.24. The average molecular weight is 350 g/mol. The van der Waals surface area contributed by atoms with Gasteiger partial charge in [0.25, 0.3) is 0 Å². The van der Waals surface area contributed by atoms with Crippen LogP contribution in [0.1, 0.15) is 12.5 Å². The van der Waals surface area contributed by atoms with Gasteiger partial charge in [-0.1, -0.05) is 23.9 Å². The van der Waals surface area contributed by atoms with E-state index in [1.165, 1.54) is 17.8 Å². The van der Waals surface area contributed by atoms with Crippen LogP contribution < -0.4 is 0 Å². The van der Waals surface area contributed by atoms with Gasteiger partial charge in [0, 0.05) is 5.56 Å². The highest BCUT2D eigenvalue weighted by Crippen LogP contribution is 2.38. The summed E-state index contributed by atoms with van der Waals surface area (Å²) in [6.07, 6.45) is 1.80. The molecule has 5 heteroatoms. The van der Waals surface area contributed by atoms with Crippen molar-refractivity contribution in [1.29, 1.82) is 0 Å². The maximum atomic E-state index is 13.7. The molecule has 2 rings (SSSR count). The van der Waals surface area contributed by atoms with E-state index in [9.17, 15) is 8.78 Å². The van der Waals surface area contributed by atoms with Crippen molar-refractivity contribution in [1.82, 2.24) is 0 Å². The standard InChI is InChI=1S/C11H7F2INS/c1-11(5-9(14)16-6-15-11)7-3-2-4-8(12)10(7)13/h2-5H,1H3/t11-/m0/s1. The van der Waals surface area contributed by atoms with Crippen molar-refractivity contribution in [3.63, 3.8) is 0 Å². The summed E-state index contributed by atoms with van der Waals surface area (Å²) in [5, 5.41) is 0. The summed E-state index contributed by atoms with van der Waals surface area (Å²) in [6.45, 7) is 1.73. The molecule has 0 saturated carbocycles. The van der Waals surface area contributed by atoms with Crippen molar-refractivity contribution in [2.75, 3.05) is 0 Å². The van der Waals surface area contributed by atoms with Gasteiger partial charge in [-0.05, 0) is 41.7 Å². The van der Waals surface area contributed by atoms with E-state index in [1.807, 2.05) is 0 Å². The van der Waals surface area contributed by atoms with Crippen molar-refractivity contribution in [3.05, 3.63) is 44.4 Å². The largest absolute Gasteiger partial charge is 0.260 e. The van der Waals surface area contributed by atoms with Crippen molar-refractivity contribution in [2.45, 2.75) is 12.5 Å². The van der Waals surface area contributed by atoms with Gasteiger partial charge < -0.3 is 0 Å². The van der Waals surface area contributed by atoms with E-state index in [-0.39, 0.29) is 5.56 Å². The smallest absolute Gasteiger partial charge is 0.164 e. The van der Waals surface area contributed by atoms with Crippen LogP contribution >= 0.6 is 34.4 Å². The molecular formula is C11H7F2INS. The summed E-state index contributed by atoms with van der Waals surface area (Å²) in [7, 11) is 0. The summed E-state index contributed by atoms with van der Waals surface area (Å²) in [5.74, 6) is -1.70. The molecular weight excluding hydrogens is 343 g/mol. The lowest BCUT2D eigenvalue weighted by molar-refractivity contribution is 0.475. The number of nitrogens with zero attached hydrogens (tertiary/aromatic N) is 1. The number of thioether (sulfide) groups is 1. The van der Waals surface area contributed by atoms with E-state index in [4.69, 9.17) is 0 Å². The van der Waals surface area contributed by atoms with E-state index >= 15 is 0 Å². The molecule has 1 nitrogen and oxygen atoms in total. The Kier molecular flexibility index (Phi) is 3.34. The zero-order chi connectivity index (χ0) is 11.8. The molecule has 0 spiro atoms. The Bertz CT molecular complexity index is 487. The molecule has 0 fully saturated rings. The minimum Gasteiger partial charge on any atom is -0.260 e. The molecule has 83 valence electrons. The second-order valence-corrected chi connectivity index (χ2v) is 6.22. The maximum Gasteiger partial charge on any atom is 0.164 e. The van der Waals surface area contributed by atoms with Crippen LogP contribution in [0.15, 0.2) is 32.2 Å². The first-order valence-corrected chi connectivity index (χ1v) is 6.39. The van der Waals surface area contributed by atoms with Crippen molar-refractivity contribution in [3.8, 4) is 0 Å². The molecule has 1 radical (unpaired) electrons. The van der Waals surface area contributed by atoms with Crippen molar-refractivity contribution in [2.24, 2.45) is 4.99 Å². The van der Waals surface area contributed by atoms with Crippen LogP contribution in [0.2, 0.25) is 0 Å². The van der Waals surface area contributed by atoms with Gasteiger partial charge in [-0.25, -0.2) is 8.78 Å². The SMILES string of the molecule is C[C@@]1(c2cccc(F)c2F)C=C(I)S[C]=N1. The molecule has 16 heavy (non-hydrogen) atoms. The van der Waals surface area contributed by atoms with Gasteiger partial charge in [0.1, 0.15) is 11.1 Å². The molecule has 0 aromatic heterocycles. The highest BCUT2D eigenvalue weighted by Gasteiger charge is 2.30. The van der Waals surface area contributed by atoms with E-state index in [0.717, 1.165) is 8.98 Å².